The van der Waals surface area contributed by atoms with E-state index in [1.807, 2.05) is 6.92 Å². The highest BCUT2D eigenvalue weighted by Gasteiger charge is 2.16. The van der Waals surface area contributed by atoms with Crippen LogP contribution in [-0.4, -0.2) is 37.0 Å². The van der Waals surface area contributed by atoms with E-state index in [0.717, 1.165) is 4.57 Å². The smallest absolute Gasteiger partial charge is 0.319 e. The van der Waals surface area contributed by atoms with Crippen LogP contribution in [0.3, 0.4) is 0 Å². The van der Waals surface area contributed by atoms with Crippen LogP contribution in [-0.2, 0) is 16.4 Å². The number of aromatic nitrogens is 2. The Kier molecular flexibility index (Phi) is 7.41. The maximum absolute atomic E-state index is 12.8. The van der Waals surface area contributed by atoms with Crippen molar-refractivity contribution >= 4 is 21.6 Å². The third kappa shape index (κ3) is 5.82. The molecule has 8 nitrogen and oxygen atoms in total. The number of nitrogens with zero attached hydrogens (tertiary/aromatic N) is 2. The fourth-order valence-electron chi connectivity index (χ4n) is 2.92. The summed E-state index contributed by atoms with van der Waals surface area (Å²) in [6.07, 6.45) is 2.55. The largest absolute Gasteiger partial charge is 0.494 e. The van der Waals surface area contributed by atoms with Crippen LogP contribution in [0.1, 0.15) is 29.7 Å². The molecule has 0 spiro atoms. The van der Waals surface area contributed by atoms with Crippen molar-refractivity contribution in [3.05, 3.63) is 72.3 Å². The number of carbonyl (C=O) groups is 1. The summed E-state index contributed by atoms with van der Waals surface area (Å²) >= 11 is 0. The molecule has 0 atom stereocenters. The minimum atomic E-state index is -3.87. The average molecular weight is 464 g/mol. The molecule has 0 aliphatic heterocycles. The molecule has 170 valence electrons. The number of rotatable bonds is 10. The van der Waals surface area contributed by atoms with Crippen LogP contribution in [0, 0.1) is 0 Å². The zero-order valence-electron chi connectivity index (χ0n) is 17.2. The third-order valence-corrected chi connectivity index (χ3v) is 5.81. The van der Waals surface area contributed by atoms with E-state index in [0.29, 0.717) is 12.4 Å². The van der Waals surface area contributed by atoms with E-state index in [2.05, 4.69) is 15.0 Å². The number of hydrogen-bond acceptors (Lipinski definition) is 5. The van der Waals surface area contributed by atoms with Crippen molar-refractivity contribution < 1.29 is 26.7 Å². The number of sulfonamides is 1. The van der Waals surface area contributed by atoms with Gasteiger partial charge in [-0.3, -0.25) is 14.1 Å². The van der Waals surface area contributed by atoms with Crippen molar-refractivity contribution in [2.75, 3.05) is 17.9 Å². The third-order valence-electron chi connectivity index (χ3n) is 4.42. The summed E-state index contributed by atoms with van der Waals surface area (Å²) < 4.78 is 59.4. The summed E-state index contributed by atoms with van der Waals surface area (Å²) in [6, 6.07) is 11.9. The summed E-state index contributed by atoms with van der Waals surface area (Å²) in [6.45, 7) is -0.323. The van der Waals surface area contributed by atoms with Gasteiger partial charge in [0.15, 0.2) is 0 Å². The molecule has 0 saturated carbocycles. The molecular formula is C21H22F2N4O4S. The van der Waals surface area contributed by atoms with Gasteiger partial charge >= 0.3 is 6.55 Å². The van der Waals surface area contributed by atoms with Gasteiger partial charge in [0.2, 0.25) is 0 Å². The quantitative estimate of drug-likeness (QED) is 0.479. The van der Waals surface area contributed by atoms with E-state index in [-0.39, 0.29) is 34.9 Å². The van der Waals surface area contributed by atoms with Crippen LogP contribution >= 0.6 is 0 Å². The van der Waals surface area contributed by atoms with Crippen molar-refractivity contribution in [3.63, 3.8) is 0 Å². The number of benzene rings is 2. The molecule has 2 aromatic carbocycles. The molecule has 1 heterocycles. The van der Waals surface area contributed by atoms with Gasteiger partial charge in [0.05, 0.1) is 11.5 Å². The van der Waals surface area contributed by atoms with Gasteiger partial charge in [-0.25, -0.2) is 13.4 Å². The van der Waals surface area contributed by atoms with E-state index < -0.39 is 22.5 Å². The lowest BCUT2D eigenvalue weighted by atomic mass is 10.2. The molecule has 0 fully saturated rings. The molecule has 2 N–H and O–H groups in total. The first kappa shape index (κ1) is 23.2. The lowest BCUT2D eigenvalue weighted by molar-refractivity contribution is 0.0670. The molecule has 0 aliphatic rings. The second kappa shape index (κ2) is 10.2. The zero-order chi connectivity index (χ0) is 23.1. The highest BCUT2D eigenvalue weighted by atomic mass is 32.2. The number of ether oxygens (including phenoxy) is 1. The molecule has 3 aromatic rings. The minimum Gasteiger partial charge on any atom is -0.494 e. The van der Waals surface area contributed by atoms with Crippen LogP contribution < -0.4 is 14.8 Å². The van der Waals surface area contributed by atoms with Gasteiger partial charge in [0.25, 0.3) is 15.9 Å². The lowest BCUT2D eigenvalue weighted by Gasteiger charge is -2.11. The molecule has 11 heteroatoms. The first-order valence-corrected chi connectivity index (χ1v) is 11.2. The Morgan fingerprint density at radius 1 is 1.19 bits per heavy atom. The van der Waals surface area contributed by atoms with Crippen LogP contribution in [0.5, 0.6) is 5.75 Å². The Labute approximate surface area is 184 Å². The number of imidazole rings is 1. The predicted molar refractivity (Wildman–Crippen MR) is 114 cm³/mol. The van der Waals surface area contributed by atoms with Crippen molar-refractivity contribution in [1.29, 1.82) is 0 Å². The molecule has 32 heavy (non-hydrogen) atoms. The topological polar surface area (TPSA) is 102 Å². The monoisotopic (exact) mass is 464 g/mol. The van der Waals surface area contributed by atoms with Gasteiger partial charge < -0.3 is 10.1 Å². The van der Waals surface area contributed by atoms with Crippen LogP contribution in [0.2, 0.25) is 0 Å². The summed E-state index contributed by atoms with van der Waals surface area (Å²) in [7, 11) is -3.87. The molecule has 0 aliphatic carbocycles. The molecular weight excluding hydrogens is 442 g/mol. The Hall–Kier alpha value is -3.47. The number of halogens is 2. The van der Waals surface area contributed by atoms with Gasteiger partial charge in [0.1, 0.15) is 11.6 Å². The number of anilines is 1. The summed E-state index contributed by atoms with van der Waals surface area (Å²) in [4.78, 5) is 16.3. The Morgan fingerprint density at radius 3 is 2.62 bits per heavy atom. The highest BCUT2D eigenvalue weighted by molar-refractivity contribution is 7.92. The maximum atomic E-state index is 12.8. The van der Waals surface area contributed by atoms with E-state index in [4.69, 9.17) is 4.74 Å². The zero-order valence-corrected chi connectivity index (χ0v) is 18.0. The maximum Gasteiger partial charge on any atom is 0.319 e. The summed E-state index contributed by atoms with van der Waals surface area (Å²) in [5.41, 5.74) is 0.425. The second-order valence-electron chi connectivity index (χ2n) is 6.63. The SMILES string of the molecule is CCOc1ccc(S(=O)(=O)Nc2cccc(C(=O)NCCc3nccn3C(F)F)c2)cc1. The second-order valence-corrected chi connectivity index (χ2v) is 8.31. The Morgan fingerprint density at radius 2 is 1.94 bits per heavy atom. The summed E-state index contributed by atoms with van der Waals surface area (Å²) in [5.74, 6) is 0.237. The molecule has 0 unspecified atom stereocenters. The van der Waals surface area contributed by atoms with Crippen molar-refractivity contribution in [3.8, 4) is 5.75 Å². The van der Waals surface area contributed by atoms with Crippen molar-refractivity contribution in [2.24, 2.45) is 0 Å². The fraction of sp³-hybridized carbons (Fsp3) is 0.238. The normalized spacial score (nSPS) is 11.4. The number of carbonyl (C=O) groups excluding carboxylic acids is 1. The van der Waals surface area contributed by atoms with Gasteiger partial charge in [-0.05, 0) is 49.4 Å². The Bertz CT molecular complexity index is 1160. The molecule has 1 amide bonds. The molecule has 0 bridgehead atoms. The molecule has 0 saturated heterocycles. The van der Waals surface area contributed by atoms with E-state index in [1.165, 1.54) is 48.8 Å². The standard InChI is InChI=1S/C21H22F2N4O4S/c1-2-31-17-6-8-18(9-7-17)32(29,30)26-16-5-3-4-15(14-16)20(28)25-11-10-19-24-12-13-27(19)21(22)23/h3-9,12-14,21,26H,2,10-11H2,1H3,(H,25,28). The Balaban J connectivity index is 1.62. The van der Waals surface area contributed by atoms with E-state index in [9.17, 15) is 22.0 Å². The average Bonchev–Trinajstić information content (AvgIpc) is 3.23. The van der Waals surface area contributed by atoms with E-state index in [1.54, 1.807) is 12.1 Å². The van der Waals surface area contributed by atoms with Crippen LogP contribution in [0.25, 0.3) is 0 Å². The van der Waals surface area contributed by atoms with Crippen molar-refractivity contribution in [1.82, 2.24) is 14.9 Å². The van der Waals surface area contributed by atoms with Gasteiger partial charge in [-0.1, -0.05) is 6.07 Å². The molecule has 0 radical (unpaired) electrons. The lowest BCUT2D eigenvalue weighted by Crippen LogP contribution is -2.26. The highest BCUT2D eigenvalue weighted by Crippen LogP contribution is 2.20. The number of amides is 1. The van der Waals surface area contributed by atoms with Gasteiger partial charge in [-0.2, -0.15) is 8.78 Å². The molecule has 1 aromatic heterocycles. The molecule has 3 rings (SSSR count). The van der Waals surface area contributed by atoms with Gasteiger partial charge in [0, 0.05) is 36.6 Å². The fourth-order valence-corrected chi connectivity index (χ4v) is 3.97. The van der Waals surface area contributed by atoms with E-state index >= 15 is 0 Å². The van der Waals surface area contributed by atoms with Crippen LogP contribution in [0.4, 0.5) is 14.5 Å². The first-order valence-electron chi connectivity index (χ1n) is 9.74. The predicted octanol–water partition coefficient (Wildman–Crippen LogP) is 3.45. The minimum absolute atomic E-state index is 0.0466. The van der Waals surface area contributed by atoms with Gasteiger partial charge in [-0.15, -0.1) is 0 Å². The summed E-state index contributed by atoms with van der Waals surface area (Å²) in [5, 5.41) is 2.62. The number of nitrogens with one attached hydrogen (secondary N) is 2. The number of hydrogen-bond donors (Lipinski definition) is 2. The van der Waals surface area contributed by atoms with Crippen LogP contribution in [0.15, 0.2) is 65.8 Å². The number of alkyl halides is 2. The first-order chi connectivity index (χ1) is 15.3. The van der Waals surface area contributed by atoms with Crippen molar-refractivity contribution in [2.45, 2.75) is 24.8 Å².